The normalized spacial score (nSPS) is 23.7. The third kappa shape index (κ3) is 7.86. The molecule has 6 heteroatoms. The average Bonchev–Trinajstić information content (AvgIpc) is 2.61. The molecule has 1 aliphatic heterocycles. The van der Waals surface area contributed by atoms with Crippen molar-refractivity contribution in [3.8, 4) is 5.75 Å². The van der Waals surface area contributed by atoms with Crippen LogP contribution in [-0.2, 0) is 9.47 Å². The van der Waals surface area contributed by atoms with Crippen LogP contribution in [-0.4, -0.2) is 58.1 Å². The fourth-order valence-electron chi connectivity index (χ4n) is 3.56. The lowest BCUT2D eigenvalue weighted by molar-refractivity contribution is -0.0213. The van der Waals surface area contributed by atoms with Crippen LogP contribution in [0, 0.1) is 5.92 Å². The number of likely N-dealkylation sites (N-methyl/N-ethyl adjacent to an activating group) is 1. The van der Waals surface area contributed by atoms with Crippen molar-refractivity contribution in [2.45, 2.75) is 32.3 Å². The lowest BCUT2D eigenvalue weighted by Gasteiger charge is -2.41. The van der Waals surface area contributed by atoms with E-state index >= 15 is 0 Å². The number of ether oxygens (including phenoxy) is 3. The maximum absolute atomic E-state index is 6.03. The van der Waals surface area contributed by atoms with Crippen LogP contribution in [0.1, 0.15) is 31.7 Å². The van der Waals surface area contributed by atoms with Gasteiger partial charge in [0.2, 0.25) is 0 Å². The molecule has 1 aromatic rings. The van der Waals surface area contributed by atoms with Crippen molar-refractivity contribution in [3.63, 3.8) is 0 Å². The Morgan fingerprint density at radius 3 is 2.40 bits per heavy atom. The Hall–Kier alpha value is 0.360. The van der Waals surface area contributed by atoms with E-state index in [1.165, 1.54) is 5.56 Å². The number of halogens is 2. The standard InChI is InChI=1S/C19H31NO3.I2/c1-5-22-18-14-20(3)13-15(2)19(18)16-7-9-17(10-8-16)23-12-6-11-21-4;1-2/h7-10,15,18-19H,5-6,11-14H2,1-4H3;/t15-,18+,19-;/m1./s1. The lowest BCUT2D eigenvalue weighted by Crippen LogP contribution is -2.46. The Kier molecular flexibility index (Phi) is 12.7. The summed E-state index contributed by atoms with van der Waals surface area (Å²) < 4.78 is 16.8. The van der Waals surface area contributed by atoms with Crippen molar-refractivity contribution < 1.29 is 14.2 Å². The highest BCUT2D eigenvalue weighted by atomic mass is 128. The third-order valence-corrected chi connectivity index (χ3v) is 4.51. The van der Waals surface area contributed by atoms with Gasteiger partial charge < -0.3 is 19.1 Å². The monoisotopic (exact) mass is 575 g/mol. The van der Waals surface area contributed by atoms with Gasteiger partial charge in [-0.25, -0.2) is 0 Å². The summed E-state index contributed by atoms with van der Waals surface area (Å²) in [4.78, 5) is 2.37. The summed E-state index contributed by atoms with van der Waals surface area (Å²) in [7, 11) is 3.89. The van der Waals surface area contributed by atoms with Gasteiger partial charge in [-0.15, -0.1) is 0 Å². The highest BCUT2D eigenvalue weighted by Gasteiger charge is 2.34. The number of piperidine rings is 1. The second kappa shape index (κ2) is 13.5. The molecule has 0 amide bonds. The Morgan fingerprint density at radius 1 is 1.12 bits per heavy atom. The Labute approximate surface area is 176 Å². The van der Waals surface area contributed by atoms with Gasteiger partial charge in [0.1, 0.15) is 5.75 Å². The van der Waals surface area contributed by atoms with E-state index in [-0.39, 0.29) is 6.10 Å². The minimum atomic E-state index is 0.266. The first kappa shape index (κ1) is 23.4. The highest BCUT2D eigenvalue weighted by molar-refractivity contribution is 15.0. The molecule has 0 aromatic heterocycles. The molecule has 1 heterocycles. The van der Waals surface area contributed by atoms with E-state index in [1.54, 1.807) is 7.11 Å². The number of likely N-dealkylation sites (tertiary alicyclic amines) is 1. The molecule has 1 saturated heterocycles. The molecule has 1 aliphatic rings. The molecule has 1 fully saturated rings. The van der Waals surface area contributed by atoms with Gasteiger partial charge in [-0.1, -0.05) is 19.1 Å². The summed E-state index contributed by atoms with van der Waals surface area (Å²) in [5, 5.41) is 0. The zero-order chi connectivity index (χ0) is 18.7. The van der Waals surface area contributed by atoms with Gasteiger partial charge in [0.05, 0.1) is 12.7 Å². The first-order valence-electron chi connectivity index (χ1n) is 8.81. The van der Waals surface area contributed by atoms with Crippen LogP contribution in [0.2, 0.25) is 0 Å². The van der Waals surface area contributed by atoms with Crippen molar-refractivity contribution in [2.75, 3.05) is 47.1 Å². The second-order valence-corrected chi connectivity index (χ2v) is 6.48. The van der Waals surface area contributed by atoms with Crippen molar-refractivity contribution in [1.82, 2.24) is 4.90 Å². The molecule has 0 radical (unpaired) electrons. The molecule has 0 spiro atoms. The molecule has 4 nitrogen and oxygen atoms in total. The third-order valence-electron chi connectivity index (χ3n) is 4.51. The molecule has 0 N–H and O–H groups in total. The summed E-state index contributed by atoms with van der Waals surface area (Å²) in [6.07, 6.45) is 1.18. The predicted octanol–water partition coefficient (Wildman–Crippen LogP) is 4.94. The van der Waals surface area contributed by atoms with Crippen LogP contribution < -0.4 is 4.74 Å². The van der Waals surface area contributed by atoms with E-state index in [0.29, 0.717) is 18.4 Å². The van der Waals surface area contributed by atoms with Crippen molar-refractivity contribution >= 4 is 37.2 Å². The number of benzene rings is 1. The molecule has 3 atom stereocenters. The summed E-state index contributed by atoms with van der Waals surface area (Å²) in [5.74, 6) is 1.96. The van der Waals surface area contributed by atoms with Gasteiger partial charge in [-0.05, 0) is 37.6 Å². The van der Waals surface area contributed by atoms with Crippen LogP contribution >= 0.6 is 37.2 Å². The number of nitrogens with zero attached hydrogens (tertiary/aromatic N) is 1. The molecular weight excluding hydrogens is 544 g/mol. The Bertz CT molecular complexity index is 458. The fraction of sp³-hybridized carbons (Fsp3) is 0.684. The second-order valence-electron chi connectivity index (χ2n) is 6.48. The van der Waals surface area contributed by atoms with Crippen molar-refractivity contribution in [2.24, 2.45) is 5.92 Å². The Morgan fingerprint density at radius 2 is 1.80 bits per heavy atom. The zero-order valence-corrected chi connectivity index (χ0v) is 20.0. The van der Waals surface area contributed by atoms with Crippen LogP contribution in [0.4, 0.5) is 0 Å². The van der Waals surface area contributed by atoms with E-state index in [0.717, 1.165) is 38.5 Å². The largest absolute Gasteiger partial charge is 0.494 e. The predicted molar refractivity (Wildman–Crippen MR) is 121 cm³/mol. The number of hydrogen-bond donors (Lipinski definition) is 0. The first-order valence-corrected chi connectivity index (χ1v) is 15.1. The maximum Gasteiger partial charge on any atom is 0.119 e. The number of hydrogen-bond acceptors (Lipinski definition) is 4. The highest BCUT2D eigenvalue weighted by Crippen LogP contribution is 2.35. The van der Waals surface area contributed by atoms with Crippen molar-refractivity contribution in [3.05, 3.63) is 29.8 Å². The summed E-state index contributed by atoms with van der Waals surface area (Å²) in [6, 6.07) is 8.56. The lowest BCUT2D eigenvalue weighted by atomic mass is 9.79. The average molecular weight is 575 g/mol. The molecule has 144 valence electrons. The van der Waals surface area contributed by atoms with Crippen LogP contribution in [0.5, 0.6) is 5.75 Å². The van der Waals surface area contributed by atoms with E-state index in [1.807, 2.05) is 0 Å². The molecule has 1 aromatic carbocycles. The molecule has 2 rings (SSSR count). The molecule has 25 heavy (non-hydrogen) atoms. The quantitative estimate of drug-likeness (QED) is 0.325. The summed E-state index contributed by atoms with van der Waals surface area (Å²) in [6.45, 7) is 8.71. The first-order chi connectivity index (χ1) is 12.2. The van der Waals surface area contributed by atoms with Gasteiger partial charge in [0.25, 0.3) is 0 Å². The summed E-state index contributed by atoms with van der Waals surface area (Å²) >= 11 is 4.24. The minimum absolute atomic E-state index is 0.266. The summed E-state index contributed by atoms with van der Waals surface area (Å²) in [5.41, 5.74) is 1.35. The fourth-order valence-corrected chi connectivity index (χ4v) is 3.56. The van der Waals surface area contributed by atoms with Crippen LogP contribution in [0.15, 0.2) is 24.3 Å². The maximum atomic E-state index is 6.03. The van der Waals surface area contributed by atoms with E-state index < -0.39 is 0 Å². The van der Waals surface area contributed by atoms with Gasteiger partial charge in [-0.3, -0.25) is 0 Å². The number of rotatable bonds is 8. The molecular formula is C19H31I2NO3. The molecule has 0 unspecified atom stereocenters. The van der Waals surface area contributed by atoms with Gasteiger partial charge in [0, 0.05) is 83.0 Å². The van der Waals surface area contributed by atoms with Gasteiger partial charge in [-0.2, -0.15) is 0 Å². The topological polar surface area (TPSA) is 30.9 Å². The molecule has 0 saturated carbocycles. The van der Waals surface area contributed by atoms with Crippen molar-refractivity contribution in [1.29, 1.82) is 0 Å². The van der Waals surface area contributed by atoms with E-state index in [2.05, 4.69) is 87.3 Å². The van der Waals surface area contributed by atoms with Crippen LogP contribution in [0.25, 0.3) is 0 Å². The van der Waals surface area contributed by atoms with Crippen LogP contribution in [0.3, 0.4) is 0 Å². The van der Waals surface area contributed by atoms with Gasteiger partial charge >= 0.3 is 0 Å². The Balaban J connectivity index is 0.00000151. The minimum Gasteiger partial charge on any atom is -0.494 e. The van der Waals surface area contributed by atoms with E-state index in [9.17, 15) is 0 Å². The van der Waals surface area contributed by atoms with E-state index in [4.69, 9.17) is 14.2 Å². The molecule has 0 bridgehead atoms. The SMILES string of the molecule is CCO[C@H]1CN(C)C[C@@H](C)[C@@H]1c1ccc(OCCCOC)cc1.II. The molecule has 0 aliphatic carbocycles. The smallest absolute Gasteiger partial charge is 0.119 e. The zero-order valence-electron chi connectivity index (χ0n) is 15.7. The number of methoxy groups -OCH3 is 1. The van der Waals surface area contributed by atoms with Gasteiger partial charge in [0.15, 0.2) is 0 Å².